The molecule has 1 aliphatic heterocycles. The molecule has 8 heteroatoms. The van der Waals surface area contributed by atoms with Crippen molar-refractivity contribution in [1.29, 1.82) is 0 Å². The second-order valence-corrected chi connectivity index (χ2v) is 7.27. The molecule has 3 aromatic rings. The van der Waals surface area contributed by atoms with Crippen LogP contribution in [0.15, 0.2) is 42.5 Å². The molecule has 0 saturated carbocycles. The number of carbonyl (C=O) groups excluding carboxylic acids is 1. The maximum absolute atomic E-state index is 14.7. The van der Waals surface area contributed by atoms with Gasteiger partial charge in [0.15, 0.2) is 5.82 Å². The molecular weight excluding hydrogens is 395 g/mol. The van der Waals surface area contributed by atoms with E-state index < -0.39 is 11.8 Å². The fourth-order valence-corrected chi connectivity index (χ4v) is 3.41. The standard InChI is InChI=1S/C21H20ClFN4O2/c1-13-2-4-15(22)11-18(13)25-21(28)24-16-10-14-3-5-19(26-20(14)17(23)12-16)27-6-8-29-9-7-27/h2-5,10-12H,6-9H2,1H3,(H2,24,25,28). The van der Waals surface area contributed by atoms with E-state index in [1.165, 1.54) is 6.07 Å². The number of carbonyl (C=O) groups is 1. The van der Waals surface area contributed by atoms with Gasteiger partial charge in [-0.25, -0.2) is 14.2 Å². The molecule has 0 spiro atoms. The molecule has 4 rings (SSSR count). The molecule has 1 aliphatic rings. The fourth-order valence-electron chi connectivity index (χ4n) is 3.24. The third-order valence-electron chi connectivity index (χ3n) is 4.77. The van der Waals surface area contributed by atoms with Gasteiger partial charge in [-0.15, -0.1) is 0 Å². The number of aryl methyl sites for hydroxylation is 1. The molecule has 2 heterocycles. The lowest BCUT2D eigenvalue weighted by Gasteiger charge is -2.28. The van der Waals surface area contributed by atoms with Gasteiger partial charge in [-0.2, -0.15) is 0 Å². The summed E-state index contributed by atoms with van der Waals surface area (Å²) in [5, 5.41) is 6.51. The Kier molecular flexibility index (Phi) is 5.51. The molecule has 0 bridgehead atoms. The van der Waals surface area contributed by atoms with E-state index in [9.17, 15) is 9.18 Å². The first-order chi connectivity index (χ1) is 14.0. The number of hydrogen-bond donors (Lipinski definition) is 2. The predicted molar refractivity (Wildman–Crippen MR) is 114 cm³/mol. The van der Waals surface area contributed by atoms with Crippen LogP contribution in [-0.4, -0.2) is 37.3 Å². The minimum Gasteiger partial charge on any atom is -0.378 e. The highest BCUT2D eigenvalue weighted by Gasteiger charge is 2.15. The number of ether oxygens (including phenoxy) is 1. The van der Waals surface area contributed by atoms with Gasteiger partial charge in [-0.05, 0) is 48.9 Å². The van der Waals surface area contributed by atoms with Crippen LogP contribution in [0.1, 0.15) is 5.56 Å². The van der Waals surface area contributed by atoms with E-state index in [0.29, 0.717) is 35.0 Å². The van der Waals surface area contributed by atoms with E-state index in [4.69, 9.17) is 16.3 Å². The Balaban J connectivity index is 1.53. The zero-order valence-electron chi connectivity index (χ0n) is 15.8. The van der Waals surface area contributed by atoms with Crippen molar-refractivity contribution in [2.45, 2.75) is 6.92 Å². The first kappa shape index (κ1) is 19.4. The molecule has 0 unspecified atom stereocenters. The van der Waals surface area contributed by atoms with Crippen LogP contribution in [0.25, 0.3) is 10.9 Å². The van der Waals surface area contributed by atoms with E-state index in [2.05, 4.69) is 20.5 Å². The van der Waals surface area contributed by atoms with Crippen molar-refractivity contribution in [2.75, 3.05) is 41.8 Å². The van der Waals surface area contributed by atoms with Crippen LogP contribution in [0.4, 0.5) is 26.4 Å². The zero-order chi connectivity index (χ0) is 20.4. The number of amides is 2. The number of nitrogens with zero attached hydrogens (tertiary/aromatic N) is 2. The number of pyridine rings is 1. The minimum atomic E-state index is -0.494. The van der Waals surface area contributed by atoms with Crippen LogP contribution < -0.4 is 15.5 Å². The zero-order valence-corrected chi connectivity index (χ0v) is 16.6. The van der Waals surface area contributed by atoms with E-state index in [-0.39, 0.29) is 5.52 Å². The third kappa shape index (κ3) is 4.41. The lowest BCUT2D eigenvalue weighted by molar-refractivity contribution is 0.122. The van der Waals surface area contributed by atoms with Gasteiger partial charge in [0.1, 0.15) is 11.3 Å². The molecule has 1 saturated heterocycles. The highest BCUT2D eigenvalue weighted by molar-refractivity contribution is 6.31. The lowest BCUT2D eigenvalue weighted by atomic mass is 10.2. The predicted octanol–water partition coefficient (Wildman–Crippen LogP) is 4.82. The van der Waals surface area contributed by atoms with Crippen molar-refractivity contribution in [3.63, 3.8) is 0 Å². The Morgan fingerprint density at radius 2 is 1.93 bits per heavy atom. The molecule has 2 N–H and O–H groups in total. The van der Waals surface area contributed by atoms with Crippen LogP contribution in [0.2, 0.25) is 5.02 Å². The molecule has 29 heavy (non-hydrogen) atoms. The maximum atomic E-state index is 14.7. The van der Waals surface area contributed by atoms with Crippen LogP contribution in [0.3, 0.4) is 0 Å². The summed E-state index contributed by atoms with van der Waals surface area (Å²) in [4.78, 5) is 18.9. The average Bonchev–Trinajstić information content (AvgIpc) is 2.71. The summed E-state index contributed by atoms with van der Waals surface area (Å²) in [6.45, 7) is 4.57. The van der Waals surface area contributed by atoms with Crippen LogP contribution in [0, 0.1) is 12.7 Å². The molecular formula is C21H20ClFN4O2. The number of rotatable bonds is 3. The van der Waals surface area contributed by atoms with Gasteiger partial charge in [-0.1, -0.05) is 17.7 Å². The second-order valence-electron chi connectivity index (χ2n) is 6.84. The Morgan fingerprint density at radius 3 is 2.72 bits per heavy atom. The molecule has 1 aromatic heterocycles. The maximum Gasteiger partial charge on any atom is 0.323 e. The highest BCUT2D eigenvalue weighted by atomic mass is 35.5. The molecule has 1 fully saturated rings. The quantitative estimate of drug-likeness (QED) is 0.645. The van der Waals surface area contributed by atoms with Crippen LogP contribution in [-0.2, 0) is 4.74 Å². The molecule has 2 aromatic carbocycles. The van der Waals surface area contributed by atoms with Crippen molar-refractivity contribution in [1.82, 2.24) is 4.98 Å². The number of aromatic nitrogens is 1. The van der Waals surface area contributed by atoms with Crippen molar-refractivity contribution in [2.24, 2.45) is 0 Å². The first-order valence-corrected chi connectivity index (χ1v) is 9.64. The number of nitrogens with one attached hydrogen (secondary N) is 2. The van der Waals surface area contributed by atoms with Gasteiger partial charge in [0, 0.05) is 34.9 Å². The lowest BCUT2D eigenvalue weighted by Crippen LogP contribution is -2.36. The smallest absolute Gasteiger partial charge is 0.323 e. The minimum absolute atomic E-state index is 0.269. The van der Waals surface area contributed by atoms with Gasteiger partial charge in [0.05, 0.1) is 13.2 Å². The summed E-state index contributed by atoms with van der Waals surface area (Å²) in [6.07, 6.45) is 0. The Hall–Kier alpha value is -2.90. The number of hydrogen-bond acceptors (Lipinski definition) is 4. The van der Waals surface area contributed by atoms with Gasteiger partial charge in [0.2, 0.25) is 0 Å². The van der Waals surface area contributed by atoms with Crippen molar-refractivity contribution >= 4 is 45.7 Å². The summed E-state index contributed by atoms with van der Waals surface area (Å²) in [5.74, 6) is 0.224. The van der Waals surface area contributed by atoms with Gasteiger partial charge >= 0.3 is 6.03 Å². The third-order valence-corrected chi connectivity index (χ3v) is 5.01. The number of benzene rings is 2. The average molecular weight is 415 g/mol. The van der Waals surface area contributed by atoms with E-state index >= 15 is 0 Å². The monoisotopic (exact) mass is 414 g/mol. The Labute approximate surface area is 172 Å². The van der Waals surface area contributed by atoms with Gasteiger partial charge in [0.25, 0.3) is 0 Å². The van der Waals surface area contributed by atoms with Crippen LogP contribution >= 0.6 is 11.6 Å². The fraction of sp³-hybridized carbons (Fsp3) is 0.238. The number of morpholine rings is 1. The second kappa shape index (κ2) is 8.23. The molecule has 150 valence electrons. The Morgan fingerprint density at radius 1 is 1.14 bits per heavy atom. The summed E-state index contributed by atoms with van der Waals surface area (Å²) < 4.78 is 20.0. The van der Waals surface area contributed by atoms with Crippen molar-refractivity contribution in [3.05, 3.63) is 58.9 Å². The molecule has 6 nitrogen and oxygen atoms in total. The first-order valence-electron chi connectivity index (χ1n) is 9.27. The SMILES string of the molecule is Cc1ccc(Cl)cc1NC(=O)Nc1cc(F)c2nc(N3CCOCC3)ccc2c1. The number of halogens is 2. The summed E-state index contributed by atoms with van der Waals surface area (Å²) in [7, 11) is 0. The molecule has 0 aliphatic carbocycles. The van der Waals surface area contributed by atoms with Gasteiger partial charge < -0.3 is 20.3 Å². The highest BCUT2D eigenvalue weighted by Crippen LogP contribution is 2.26. The summed E-state index contributed by atoms with van der Waals surface area (Å²) in [5.41, 5.74) is 2.07. The largest absolute Gasteiger partial charge is 0.378 e. The number of fused-ring (bicyclic) bond motifs is 1. The summed E-state index contributed by atoms with van der Waals surface area (Å²) >= 11 is 5.98. The van der Waals surface area contributed by atoms with Crippen molar-refractivity contribution in [3.8, 4) is 0 Å². The number of urea groups is 1. The van der Waals surface area contributed by atoms with E-state index in [0.717, 1.165) is 24.5 Å². The van der Waals surface area contributed by atoms with E-state index in [1.807, 2.05) is 19.1 Å². The normalized spacial score (nSPS) is 14.1. The van der Waals surface area contributed by atoms with Crippen LogP contribution in [0.5, 0.6) is 0 Å². The van der Waals surface area contributed by atoms with Crippen molar-refractivity contribution < 1.29 is 13.9 Å². The molecule has 2 amide bonds. The van der Waals surface area contributed by atoms with E-state index in [1.54, 1.807) is 24.3 Å². The topological polar surface area (TPSA) is 66.5 Å². The Bertz CT molecular complexity index is 1070. The number of anilines is 3. The molecule has 0 atom stereocenters. The molecule has 0 radical (unpaired) electrons. The van der Waals surface area contributed by atoms with Gasteiger partial charge in [-0.3, -0.25) is 0 Å². The summed E-state index contributed by atoms with van der Waals surface area (Å²) in [6, 6.07) is 11.4.